The Kier molecular flexibility index (Phi) is 3.40. The Morgan fingerprint density at radius 1 is 1.23 bits per heavy atom. The van der Waals surface area contributed by atoms with E-state index < -0.39 is 0 Å². The third kappa shape index (κ3) is 3.13. The Morgan fingerprint density at radius 2 is 1.77 bits per heavy atom. The zero-order chi connectivity index (χ0) is 9.84. The van der Waals surface area contributed by atoms with Crippen LogP contribution in [0.15, 0.2) is 6.07 Å². The van der Waals surface area contributed by atoms with Crippen LogP contribution in [-0.4, -0.2) is 9.97 Å². The lowest BCUT2D eigenvalue weighted by molar-refractivity contribution is 0.541. The standard InChI is InChI=1S/C11H18N2/c1-5-8(2)6-11-12-9(3)7-10(4)13-11/h7-8H,5-6H2,1-4H3. The van der Waals surface area contributed by atoms with Crippen molar-refractivity contribution >= 4 is 0 Å². The SMILES string of the molecule is CCC(C)Cc1nc(C)cc(C)n1. The van der Waals surface area contributed by atoms with Crippen LogP contribution >= 0.6 is 0 Å². The summed E-state index contributed by atoms with van der Waals surface area (Å²) in [4.78, 5) is 8.82. The molecule has 1 heterocycles. The van der Waals surface area contributed by atoms with Crippen molar-refractivity contribution in [2.75, 3.05) is 0 Å². The monoisotopic (exact) mass is 178 g/mol. The molecular weight excluding hydrogens is 160 g/mol. The molecule has 0 fully saturated rings. The average molecular weight is 178 g/mol. The Morgan fingerprint density at radius 3 is 2.23 bits per heavy atom. The van der Waals surface area contributed by atoms with Crippen molar-refractivity contribution < 1.29 is 0 Å². The summed E-state index contributed by atoms with van der Waals surface area (Å²) >= 11 is 0. The highest BCUT2D eigenvalue weighted by molar-refractivity contribution is 5.08. The molecule has 1 rings (SSSR count). The average Bonchev–Trinajstić information content (AvgIpc) is 2.02. The highest BCUT2D eigenvalue weighted by Gasteiger charge is 2.04. The molecule has 0 N–H and O–H groups in total. The summed E-state index contributed by atoms with van der Waals surface area (Å²) < 4.78 is 0. The molecule has 0 aliphatic rings. The molecule has 0 aliphatic heterocycles. The number of hydrogen-bond acceptors (Lipinski definition) is 2. The zero-order valence-corrected chi connectivity index (χ0v) is 8.96. The Labute approximate surface area is 80.4 Å². The van der Waals surface area contributed by atoms with Crippen molar-refractivity contribution in [3.8, 4) is 0 Å². The molecule has 1 atom stereocenters. The van der Waals surface area contributed by atoms with E-state index in [0.717, 1.165) is 23.6 Å². The molecule has 72 valence electrons. The normalized spacial score (nSPS) is 12.9. The minimum absolute atomic E-state index is 0.682. The maximum Gasteiger partial charge on any atom is 0.129 e. The van der Waals surface area contributed by atoms with Gasteiger partial charge in [0.2, 0.25) is 0 Å². The molecule has 0 radical (unpaired) electrons. The number of aryl methyl sites for hydroxylation is 2. The lowest BCUT2D eigenvalue weighted by Gasteiger charge is -2.07. The number of nitrogens with zero attached hydrogens (tertiary/aromatic N) is 2. The lowest BCUT2D eigenvalue weighted by Crippen LogP contribution is -2.04. The first-order valence-corrected chi connectivity index (χ1v) is 4.93. The third-order valence-corrected chi connectivity index (χ3v) is 2.26. The largest absolute Gasteiger partial charge is 0.238 e. The summed E-state index contributed by atoms with van der Waals surface area (Å²) in [5, 5.41) is 0. The highest BCUT2D eigenvalue weighted by atomic mass is 14.9. The number of aromatic nitrogens is 2. The Balaban J connectivity index is 2.77. The van der Waals surface area contributed by atoms with E-state index in [1.165, 1.54) is 6.42 Å². The first-order valence-electron chi connectivity index (χ1n) is 4.93. The first kappa shape index (κ1) is 10.2. The minimum atomic E-state index is 0.682. The topological polar surface area (TPSA) is 25.8 Å². The van der Waals surface area contributed by atoms with E-state index >= 15 is 0 Å². The molecule has 2 heteroatoms. The molecule has 0 bridgehead atoms. The summed E-state index contributed by atoms with van der Waals surface area (Å²) in [5.41, 5.74) is 2.15. The van der Waals surface area contributed by atoms with E-state index in [9.17, 15) is 0 Å². The van der Waals surface area contributed by atoms with Gasteiger partial charge in [0, 0.05) is 17.8 Å². The van der Waals surface area contributed by atoms with Gasteiger partial charge in [-0.15, -0.1) is 0 Å². The maximum absolute atomic E-state index is 4.41. The second kappa shape index (κ2) is 4.35. The van der Waals surface area contributed by atoms with Crippen molar-refractivity contribution in [2.24, 2.45) is 5.92 Å². The van der Waals surface area contributed by atoms with E-state index in [2.05, 4.69) is 23.8 Å². The van der Waals surface area contributed by atoms with Crippen molar-refractivity contribution in [2.45, 2.75) is 40.5 Å². The number of rotatable bonds is 3. The van der Waals surface area contributed by atoms with Crippen LogP contribution in [0.5, 0.6) is 0 Å². The summed E-state index contributed by atoms with van der Waals surface area (Å²) in [6, 6.07) is 2.01. The van der Waals surface area contributed by atoms with Crippen molar-refractivity contribution in [1.82, 2.24) is 9.97 Å². The van der Waals surface area contributed by atoms with Crippen LogP contribution in [0.3, 0.4) is 0 Å². The molecule has 0 aliphatic carbocycles. The van der Waals surface area contributed by atoms with Crippen LogP contribution in [0.2, 0.25) is 0 Å². The molecule has 0 spiro atoms. The molecule has 1 unspecified atom stereocenters. The zero-order valence-electron chi connectivity index (χ0n) is 8.96. The van der Waals surface area contributed by atoms with Crippen LogP contribution in [0.4, 0.5) is 0 Å². The predicted octanol–water partition coefficient (Wildman–Crippen LogP) is 2.68. The molecule has 1 aromatic rings. The van der Waals surface area contributed by atoms with Gasteiger partial charge in [-0.25, -0.2) is 9.97 Å². The fraction of sp³-hybridized carbons (Fsp3) is 0.636. The summed E-state index contributed by atoms with van der Waals surface area (Å²) in [7, 11) is 0. The Hall–Kier alpha value is -0.920. The third-order valence-electron chi connectivity index (χ3n) is 2.26. The van der Waals surface area contributed by atoms with E-state index in [1.807, 2.05) is 19.9 Å². The van der Waals surface area contributed by atoms with E-state index in [0.29, 0.717) is 5.92 Å². The lowest BCUT2D eigenvalue weighted by atomic mass is 10.0. The second-order valence-electron chi connectivity index (χ2n) is 3.78. The van der Waals surface area contributed by atoms with Gasteiger partial charge in [-0.05, 0) is 25.8 Å². The molecule has 13 heavy (non-hydrogen) atoms. The van der Waals surface area contributed by atoms with Crippen molar-refractivity contribution in [3.63, 3.8) is 0 Å². The minimum Gasteiger partial charge on any atom is -0.238 e. The fourth-order valence-electron chi connectivity index (χ4n) is 1.35. The van der Waals surface area contributed by atoms with Gasteiger partial charge in [-0.2, -0.15) is 0 Å². The smallest absolute Gasteiger partial charge is 0.129 e. The molecule has 0 saturated heterocycles. The quantitative estimate of drug-likeness (QED) is 0.711. The van der Waals surface area contributed by atoms with Gasteiger partial charge < -0.3 is 0 Å². The molecule has 0 aromatic carbocycles. The summed E-state index contributed by atoms with van der Waals surface area (Å²) in [6.45, 7) is 8.48. The van der Waals surface area contributed by atoms with E-state index in [1.54, 1.807) is 0 Å². The van der Waals surface area contributed by atoms with E-state index in [-0.39, 0.29) is 0 Å². The van der Waals surface area contributed by atoms with Crippen LogP contribution in [0.1, 0.15) is 37.5 Å². The van der Waals surface area contributed by atoms with E-state index in [4.69, 9.17) is 0 Å². The van der Waals surface area contributed by atoms with Gasteiger partial charge in [-0.3, -0.25) is 0 Å². The predicted molar refractivity (Wildman–Crippen MR) is 54.7 cm³/mol. The fourth-order valence-corrected chi connectivity index (χ4v) is 1.35. The van der Waals surface area contributed by atoms with Gasteiger partial charge >= 0.3 is 0 Å². The number of hydrogen-bond donors (Lipinski definition) is 0. The summed E-state index contributed by atoms with van der Waals surface area (Å²) in [6.07, 6.45) is 2.19. The molecule has 2 nitrogen and oxygen atoms in total. The highest BCUT2D eigenvalue weighted by Crippen LogP contribution is 2.08. The summed E-state index contributed by atoms with van der Waals surface area (Å²) in [5.74, 6) is 1.67. The second-order valence-corrected chi connectivity index (χ2v) is 3.78. The van der Waals surface area contributed by atoms with Gasteiger partial charge in [0.15, 0.2) is 0 Å². The van der Waals surface area contributed by atoms with Gasteiger partial charge in [-0.1, -0.05) is 20.3 Å². The van der Waals surface area contributed by atoms with Crippen LogP contribution < -0.4 is 0 Å². The molecular formula is C11H18N2. The first-order chi connectivity index (χ1) is 6.11. The molecule has 0 amide bonds. The van der Waals surface area contributed by atoms with Crippen molar-refractivity contribution in [1.29, 1.82) is 0 Å². The van der Waals surface area contributed by atoms with Gasteiger partial charge in [0.25, 0.3) is 0 Å². The van der Waals surface area contributed by atoms with Crippen LogP contribution in [0, 0.1) is 19.8 Å². The molecule has 1 aromatic heterocycles. The van der Waals surface area contributed by atoms with Gasteiger partial charge in [0.1, 0.15) is 5.82 Å². The Bertz CT molecular complexity index is 261. The van der Waals surface area contributed by atoms with Crippen molar-refractivity contribution in [3.05, 3.63) is 23.3 Å². The van der Waals surface area contributed by atoms with Gasteiger partial charge in [0.05, 0.1) is 0 Å². The van der Waals surface area contributed by atoms with Crippen LogP contribution in [0.25, 0.3) is 0 Å². The maximum atomic E-state index is 4.41. The van der Waals surface area contributed by atoms with Crippen LogP contribution in [-0.2, 0) is 6.42 Å². The molecule has 0 saturated carbocycles.